The van der Waals surface area contributed by atoms with Crippen molar-refractivity contribution in [2.24, 2.45) is 0 Å². The van der Waals surface area contributed by atoms with Crippen molar-refractivity contribution >= 4 is 22.9 Å². The van der Waals surface area contributed by atoms with Crippen LogP contribution in [0, 0.1) is 0 Å². The summed E-state index contributed by atoms with van der Waals surface area (Å²) in [6.07, 6.45) is 4.27. The van der Waals surface area contributed by atoms with Crippen LogP contribution in [0.15, 0.2) is 30.3 Å². The first-order chi connectivity index (χ1) is 11.2. The highest BCUT2D eigenvalue weighted by Gasteiger charge is 2.25. The van der Waals surface area contributed by atoms with Crippen LogP contribution in [-0.4, -0.2) is 41.9 Å². The normalized spacial score (nSPS) is 12.1. The van der Waals surface area contributed by atoms with Gasteiger partial charge in [-0.2, -0.15) is 0 Å². The van der Waals surface area contributed by atoms with Gasteiger partial charge in [-0.25, -0.2) is 4.79 Å². The Bertz CT molecular complexity index is 533. The summed E-state index contributed by atoms with van der Waals surface area (Å²) >= 11 is 0. The van der Waals surface area contributed by atoms with Gasteiger partial charge >= 0.3 is 6.09 Å². The van der Waals surface area contributed by atoms with Crippen molar-refractivity contribution in [3.05, 3.63) is 35.9 Å². The van der Waals surface area contributed by atoms with Gasteiger partial charge in [0.1, 0.15) is 17.4 Å². The smallest absolute Gasteiger partial charge is 0.408 e. The SMILES string of the molecule is C[S+](C)CC[C@@H](NC(=O)OC(C)(C)C)C(=O)NCc1ccccc1.[I-]. The number of hydrogen-bond acceptors (Lipinski definition) is 3. The Hall–Kier alpha value is -0.960. The number of amides is 2. The van der Waals surface area contributed by atoms with Crippen molar-refractivity contribution < 1.29 is 38.3 Å². The van der Waals surface area contributed by atoms with Gasteiger partial charge in [-0.05, 0) is 37.2 Å². The average Bonchev–Trinajstić information content (AvgIpc) is 2.48. The summed E-state index contributed by atoms with van der Waals surface area (Å²) in [5.41, 5.74) is 0.433. The lowest BCUT2D eigenvalue weighted by atomic mass is 10.2. The van der Waals surface area contributed by atoms with Gasteiger partial charge in [0.05, 0.1) is 12.5 Å². The minimum Gasteiger partial charge on any atom is -1.00 e. The van der Waals surface area contributed by atoms with Gasteiger partial charge in [0.2, 0.25) is 5.91 Å². The molecule has 5 nitrogen and oxygen atoms in total. The second-order valence-electron chi connectivity index (χ2n) is 6.88. The standard InChI is InChI=1S/C18H28N2O3S.HI/c1-18(2,3)23-17(22)20-15(11-12-24(4)5)16(21)19-13-14-9-7-6-8-10-14;/h6-10,15H,11-13H2,1-5H3,(H-,19,20,21,22);1H/t15-;/m1./s1. The van der Waals surface area contributed by atoms with Gasteiger partial charge in [-0.15, -0.1) is 0 Å². The van der Waals surface area contributed by atoms with E-state index in [-0.39, 0.29) is 40.8 Å². The molecule has 1 aromatic rings. The van der Waals surface area contributed by atoms with Crippen LogP contribution in [0.5, 0.6) is 0 Å². The molecule has 7 heteroatoms. The fraction of sp³-hybridized carbons (Fsp3) is 0.556. The molecule has 1 atom stereocenters. The van der Waals surface area contributed by atoms with E-state index in [1.54, 1.807) is 20.8 Å². The van der Waals surface area contributed by atoms with Gasteiger partial charge in [0, 0.05) is 13.0 Å². The molecule has 0 saturated heterocycles. The van der Waals surface area contributed by atoms with Crippen LogP contribution in [0.25, 0.3) is 0 Å². The Labute approximate surface area is 171 Å². The maximum Gasteiger partial charge on any atom is 0.408 e. The topological polar surface area (TPSA) is 67.4 Å². The molecule has 142 valence electrons. The van der Waals surface area contributed by atoms with Crippen molar-refractivity contribution in [1.82, 2.24) is 10.6 Å². The Morgan fingerprint density at radius 2 is 1.76 bits per heavy atom. The second kappa shape index (κ2) is 11.6. The second-order valence-corrected chi connectivity index (χ2v) is 9.26. The van der Waals surface area contributed by atoms with E-state index >= 15 is 0 Å². The summed E-state index contributed by atoms with van der Waals surface area (Å²) in [4.78, 5) is 24.4. The lowest BCUT2D eigenvalue weighted by molar-refractivity contribution is -0.123. The van der Waals surface area contributed by atoms with Crippen LogP contribution in [0.2, 0.25) is 0 Å². The average molecular weight is 480 g/mol. The van der Waals surface area contributed by atoms with Crippen LogP contribution in [0.4, 0.5) is 4.79 Å². The molecule has 0 saturated carbocycles. The third kappa shape index (κ3) is 11.3. The summed E-state index contributed by atoms with van der Waals surface area (Å²) in [6, 6.07) is 9.11. The number of hydrogen-bond donors (Lipinski definition) is 2. The van der Waals surface area contributed by atoms with Crippen LogP contribution >= 0.6 is 0 Å². The number of alkyl carbamates (subject to hydrolysis) is 1. The molecule has 0 unspecified atom stereocenters. The van der Waals surface area contributed by atoms with Crippen LogP contribution in [0.1, 0.15) is 32.8 Å². The molecule has 0 heterocycles. The van der Waals surface area contributed by atoms with Crippen molar-refractivity contribution in [2.75, 3.05) is 18.3 Å². The number of halogens is 1. The number of nitrogens with one attached hydrogen (secondary N) is 2. The van der Waals surface area contributed by atoms with Crippen molar-refractivity contribution in [3.8, 4) is 0 Å². The predicted octanol–water partition coefficient (Wildman–Crippen LogP) is -0.532. The van der Waals surface area contributed by atoms with Gasteiger partial charge in [0.25, 0.3) is 0 Å². The summed E-state index contributed by atoms with van der Waals surface area (Å²) in [5.74, 6) is 0.689. The summed E-state index contributed by atoms with van der Waals surface area (Å²) in [5, 5.41) is 5.58. The molecule has 2 amide bonds. The Balaban J connectivity index is 0.00000576. The minimum atomic E-state index is -0.588. The van der Waals surface area contributed by atoms with E-state index in [0.717, 1.165) is 11.3 Å². The van der Waals surface area contributed by atoms with Crippen LogP contribution < -0.4 is 34.6 Å². The first-order valence-corrected chi connectivity index (χ1v) is 10.2. The zero-order valence-corrected chi connectivity index (χ0v) is 18.6. The summed E-state index contributed by atoms with van der Waals surface area (Å²) in [7, 11) is 0.201. The predicted molar refractivity (Wildman–Crippen MR) is 100 cm³/mol. The summed E-state index contributed by atoms with van der Waals surface area (Å²) < 4.78 is 5.26. The molecule has 0 radical (unpaired) electrons. The van der Waals surface area contributed by atoms with E-state index < -0.39 is 17.7 Å². The van der Waals surface area contributed by atoms with Crippen molar-refractivity contribution in [2.45, 2.75) is 45.4 Å². The molecule has 25 heavy (non-hydrogen) atoms. The maximum absolute atomic E-state index is 12.5. The van der Waals surface area contributed by atoms with Gasteiger partial charge in [0.15, 0.2) is 0 Å². The Kier molecular flexibility index (Phi) is 11.2. The Morgan fingerprint density at radius 3 is 2.28 bits per heavy atom. The zero-order valence-electron chi connectivity index (χ0n) is 15.6. The highest BCUT2D eigenvalue weighted by molar-refractivity contribution is 7.95. The van der Waals surface area contributed by atoms with E-state index in [1.807, 2.05) is 30.3 Å². The molecular formula is C18H29IN2O3S. The molecule has 2 N–H and O–H groups in total. The third-order valence-electron chi connectivity index (χ3n) is 3.13. The Morgan fingerprint density at radius 1 is 1.16 bits per heavy atom. The van der Waals surface area contributed by atoms with Gasteiger partial charge in [-0.3, -0.25) is 4.79 Å². The first kappa shape index (κ1) is 24.0. The fourth-order valence-electron chi connectivity index (χ4n) is 1.98. The largest absolute Gasteiger partial charge is 1.00 e. The quantitative estimate of drug-likeness (QED) is 0.408. The molecule has 1 rings (SSSR count). The van der Waals surface area contributed by atoms with Crippen LogP contribution in [0.3, 0.4) is 0 Å². The van der Waals surface area contributed by atoms with E-state index in [9.17, 15) is 9.59 Å². The maximum atomic E-state index is 12.5. The monoisotopic (exact) mass is 480 g/mol. The van der Waals surface area contributed by atoms with Crippen molar-refractivity contribution in [3.63, 3.8) is 0 Å². The number of carbonyl (C=O) groups excluding carboxylic acids is 2. The minimum absolute atomic E-state index is 0. The molecule has 1 aromatic carbocycles. The molecule has 0 aromatic heterocycles. The number of carbonyl (C=O) groups is 2. The lowest BCUT2D eigenvalue weighted by Gasteiger charge is -2.23. The van der Waals surface area contributed by atoms with Gasteiger partial charge in [-0.1, -0.05) is 30.3 Å². The van der Waals surface area contributed by atoms with E-state index in [1.165, 1.54) is 0 Å². The highest BCUT2D eigenvalue weighted by Crippen LogP contribution is 2.08. The molecule has 0 spiro atoms. The molecule has 0 fully saturated rings. The molecule has 0 aliphatic rings. The number of benzene rings is 1. The number of rotatable bonds is 7. The summed E-state index contributed by atoms with van der Waals surface area (Å²) in [6.45, 7) is 5.84. The van der Waals surface area contributed by atoms with E-state index in [2.05, 4.69) is 23.1 Å². The van der Waals surface area contributed by atoms with E-state index in [4.69, 9.17) is 4.74 Å². The molecular weight excluding hydrogens is 451 g/mol. The van der Waals surface area contributed by atoms with E-state index in [0.29, 0.717) is 13.0 Å². The fourth-order valence-corrected chi connectivity index (χ4v) is 2.69. The van der Waals surface area contributed by atoms with Crippen LogP contribution in [-0.2, 0) is 27.0 Å². The highest BCUT2D eigenvalue weighted by atomic mass is 127. The number of ether oxygens (including phenoxy) is 1. The first-order valence-electron chi connectivity index (χ1n) is 8.03. The molecule has 0 aliphatic heterocycles. The van der Waals surface area contributed by atoms with Crippen molar-refractivity contribution in [1.29, 1.82) is 0 Å². The molecule has 0 aliphatic carbocycles. The zero-order chi connectivity index (χ0) is 18.2. The third-order valence-corrected chi connectivity index (χ3v) is 4.18. The molecule has 0 bridgehead atoms. The lowest BCUT2D eigenvalue weighted by Crippen LogP contribution is -3.00. The van der Waals surface area contributed by atoms with Gasteiger partial charge < -0.3 is 39.3 Å².